The Labute approximate surface area is 150 Å². The molecule has 1 saturated heterocycles. The topological polar surface area (TPSA) is 60.0 Å². The molecule has 1 heterocycles. The molecule has 0 saturated carbocycles. The predicted octanol–water partition coefficient (Wildman–Crippen LogP) is 2.71. The van der Waals surface area contributed by atoms with Gasteiger partial charge in [0.1, 0.15) is 0 Å². The number of rotatable bonds is 8. The van der Waals surface area contributed by atoms with E-state index in [0.717, 1.165) is 13.0 Å². The third-order valence-corrected chi connectivity index (χ3v) is 4.58. The van der Waals surface area contributed by atoms with Crippen molar-refractivity contribution in [2.24, 2.45) is 0 Å². The molecule has 1 aliphatic rings. The first-order chi connectivity index (χ1) is 12.2. The minimum atomic E-state index is -0.159. The maximum Gasteiger partial charge on any atom is 0.255 e. The molecular formula is C19H30N2O4. The molecule has 1 aromatic rings. The summed E-state index contributed by atoms with van der Waals surface area (Å²) in [6.45, 7) is 4.03. The van der Waals surface area contributed by atoms with Gasteiger partial charge in [-0.25, -0.2) is 0 Å². The van der Waals surface area contributed by atoms with Crippen LogP contribution in [0, 0.1) is 0 Å². The van der Waals surface area contributed by atoms with Crippen molar-refractivity contribution in [3.05, 3.63) is 17.7 Å². The van der Waals surface area contributed by atoms with E-state index in [4.69, 9.17) is 14.2 Å². The van der Waals surface area contributed by atoms with Crippen molar-refractivity contribution in [2.45, 2.75) is 32.1 Å². The van der Waals surface area contributed by atoms with Gasteiger partial charge in [0.2, 0.25) is 5.75 Å². The van der Waals surface area contributed by atoms with Crippen molar-refractivity contribution in [1.82, 2.24) is 10.2 Å². The molecule has 1 fully saturated rings. The van der Waals surface area contributed by atoms with Gasteiger partial charge in [0.15, 0.2) is 11.5 Å². The van der Waals surface area contributed by atoms with Gasteiger partial charge in [0.25, 0.3) is 5.91 Å². The van der Waals surface area contributed by atoms with Crippen LogP contribution in [0.3, 0.4) is 0 Å². The third kappa shape index (κ3) is 5.26. The van der Waals surface area contributed by atoms with E-state index in [-0.39, 0.29) is 5.91 Å². The Morgan fingerprint density at radius 1 is 1.00 bits per heavy atom. The molecule has 0 unspecified atom stereocenters. The molecule has 2 rings (SSSR count). The number of nitrogens with one attached hydrogen (secondary N) is 1. The summed E-state index contributed by atoms with van der Waals surface area (Å²) in [5, 5.41) is 2.98. The molecule has 1 aliphatic heterocycles. The van der Waals surface area contributed by atoms with Crippen molar-refractivity contribution in [3.63, 3.8) is 0 Å². The molecule has 1 aromatic carbocycles. The maximum absolute atomic E-state index is 12.5. The highest BCUT2D eigenvalue weighted by molar-refractivity contribution is 5.98. The first-order valence-corrected chi connectivity index (χ1v) is 9.00. The number of hydrogen-bond donors (Lipinski definition) is 1. The van der Waals surface area contributed by atoms with Crippen LogP contribution in [0.2, 0.25) is 0 Å². The van der Waals surface area contributed by atoms with Crippen LogP contribution >= 0.6 is 0 Å². The van der Waals surface area contributed by atoms with Gasteiger partial charge in [0, 0.05) is 6.54 Å². The Kier molecular flexibility index (Phi) is 7.85. The van der Waals surface area contributed by atoms with Crippen molar-refractivity contribution < 1.29 is 19.0 Å². The van der Waals surface area contributed by atoms with Gasteiger partial charge in [-0.3, -0.25) is 4.79 Å². The summed E-state index contributed by atoms with van der Waals surface area (Å²) in [6.07, 6.45) is 6.20. The van der Waals surface area contributed by atoms with Crippen LogP contribution in [0.25, 0.3) is 0 Å². The molecule has 1 N–H and O–H groups in total. The average Bonchev–Trinajstić information content (AvgIpc) is 2.92. The summed E-state index contributed by atoms with van der Waals surface area (Å²) in [7, 11) is 4.61. The Bertz CT molecular complexity index is 555. The molecular weight excluding hydrogens is 320 g/mol. The molecule has 0 spiro atoms. The predicted molar refractivity (Wildman–Crippen MR) is 98.0 cm³/mol. The van der Waals surface area contributed by atoms with Crippen molar-refractivity contribution >= 4 is 5.91 Å². The van der Waals surface area contributed by atoms with E-state index in [1.54, 1.807) is 19.2 Å². The second-order valence-corrected chi connectivity index (χ2v) is 6.25. The van der Waals surface area contributed by atoms with E-state index in [1.807, 2.05) is 0 Å². The van der Waals surface area contributed by atoms with Gasteiger partial charge in [-0.05, 0) is 51.0 Å². The fourth-order valence-electron chi connectivity index (χ4n) is 3.24. The summed E-state index contributed by atoms with van der Waals surface area (Å²) in [6, 6.07) is 3.41. The van der Waals surface area contributed by atoms with Crippen LogP contribution in [0.15, 0.2) is 12.1 Å². The summed E-state index contributed by atoms with van der Waals surface area (Å²) in [4.78, 5) is 15.0. The lowest BCUT2D eigenvalue weighted by molar-refractivity contribution is 0.0948. The summed E-state index contributed by atoms with van der Waals surface area (Å²) in [5.74, 6) is 1.21. The Morgan fingerprint density at radius 2 is 1.68 bits per heavy atom. The molecule has 140 valence electrons. The van der Waals surface area contributed by atoms with Crippen LogP contribution in [-0.2, 0) is 0 Å². The Hall–Kier alpha value is -1.95. The number of likely N-dealkylation sites (tertiary alicyclic amines) is 1. The highest BCUT2D eigenvalue weighted by Crippen LogP contribution is 2.39. The molecule has 0 aliphatic carbocycles. The average molecular weight is 350 g/mol. The first kappa shape index (κ1) is 19.4. The number of ether oxygens (including phenoxy) is 3. The van der Waals surface area contributed by atoms with Crippen LogP contribution < -0.4 is 19.5 Å². The van der Waals surface area contributed by atoms with Gasteiger partial charge in [-0.1, -0.05) is 12.8 Å². The summed E-state index contributed by atoms with van der Waals surface area (Å²) < 4.78 is 15.9. The molecule has 0 bridgehead atoms. The number of nitrogens with zero attached hydrogens (tertiary/aromatic N) is 1. The number of amides is 1. The molecule has 6 nitrogen and oxygen atoms in total. The van der Waals surface area contributed by atoms with Crippen LogP contribution in [0.5, 0.6) is 17.2 Å². The van der Waals surface area contributed by atoms with Crippen LogP contribution in [0.1, 0.15) is 42.5 Å². The van der Waals surface area contributed by atoms with Crippen molar-refractivity contribution in [3.8, 4) is 17.2 Å². The molecule has 0 atom stereocenters. The fourth-order valence-corrected chi connectivity index (χ4v) is 3.24. The van der Waals surface area contributed by atoms with Crippen LogP contribution in [-0.4, -0.2) is 58.3 Å². The molecule has 1 amide bonds. The Morgan fingerprint density at radius 3 is 2.28 bits per heavy atom. The largest absolute Gasteiger partial charge is 0.493 e. The number of hydrogen-bond acceptors (Lipinski definition) is 5. The number of carbonyl (C=O) groups excluding carboxylic acids is 1. The summed E-state index contributed by atoms with van der Waals surface area (Å²) in [5.41, 5.74) is 0.454. The molecule has 6 heteroatoms. The number of methoxy groups -OCH3 is 3. The lowest BCUT2D eigenvalue weighted by atomic mass is 10.1. The van der Waals surface area contributed by atoms with E-state index in [1.165, 1.54) is 53.0 Å². The van der Waals surface area contributed by atoms with E-state index in [2.05, 4.69) is 10.2 Å². The summed E-state index contributed by atoms with van der Waals surface area (Å²) >= 11 is 0. The maximum atomic E-state index is 12.5. The quantitative estimate of drug-likeness (QED) is 0.731. The standard InChI is InChI=1S/C19H30N2O4/c1-23-16-10-9-15(17(24-2)18(16)25-3)19(22)20-11-8-14-21-12-6-4-5-7-13-21/h9-10H,4-8,11-14H2,1-3H3,(H,20,22). The van der Waals surface area contributed by atoms with Gasteiger partial charge < -0.3 is 24.4 Å². The van der Waals surface area contributed by atoms with Gasteiger partial charge in [-0.15, -0.1) is 0 Å². The fraction of sp³-hybridized carbons (Fsp3) is 0.632. The zero-order valence-electron chi connectivity index (χ0n) is 15.6. The van der Waals surface area contributed by atoms with Gasteiger partial charge in [0.05, 0.1) is 26.9 Å². The Balaban J connectivity index is 1.89. The van der Waals surface area contributed by atoms with Gasteiger partial charge >= 0.3 is 0 Å². The van der Waals surface area contributed by atoms with Crippen molar-refractivity contribution in [1.29, 1.82) is 0 Å². The van der Waals surface area contributed by atoms with E-state index in [0.29, 0.717) is 29.4 Å². The third-order valence-electron chi connectivity index (χ3n) is 4.58. The second-order valence-electron chi connectivity index (χ2n) is 6.25. The monoisotopic (exact) mass is 350 g/mol. The highest BCUT2D eigenvalue weighted by atomic mass is 16.5. The second kappa shape index (κ2) is 10.1. The number of benzene rings is 1. The molecule has 0 radical (unpaired) electrons. The lowest BCUT2D eigenvalue weighted by Gasteiger charge is -2.19. The number of carbonyl (C=O) groups is 1. The molecule has 0 aromatic heterocycles. The van der Waals surface area contributed by atoms with E-state index >= 15 is 0 Å². The first-order valence-electron chi connectivity index (χ1n) is 9.00. The van der Waals surface area contributed by atoms with Crippen molar-refractivity contribution in [2.75, 3.05) is 47.5 Å². The zero-order valence-corrected chi connectivity index (χ0v) is 15.6. The minimum absolute atomic E-state index is 0.159. The van der Waals surface area contributed by atoms with Crippen LogP contribution in [0.4, 0.5) is 0 Å². The lowest BCUT2D eigenvalue weighted by Crippen LogP contribution is -2.30. The SMILES string of the molecule is COc1ccc(C(=O)NCCCN2CCCCCC2)c(OC)c1OC. The zero-order chi connectivity index (χ0) is 18.1. The van der Waals surface area contributed by atoms with E-state index < -0.39 is 0 Å². The van der Waals surface area contributed by atoms with Gasteiger partial charge in [-0.2, -0.15) is 0 Å². The highest BCUT2D eigenvalue weighted by Gasteiger charge is 2.20. The normalized spacial score (nSPS) is 15.3. The molecule has 25 heavy (non-hydrogen) atoms. The smallest absolute Gasteiger partial charge is 0.255 e. The minimum Gasteiger partial charge on any atom is -0.493 e. The van der Waals surface area contributed by atoms with E-state index in [9.17, 15) is 4.79 Å².